The first-order chi connectivity index (χ1) is 10.8. The van der Waals surface area contributed by atoms with Crippen molar-refractivity contribution in [1.29, 1.82) is 0 Å². The van der Waals surface area contributed by atoms with Crippen LogP contribution in [-0.4, -0.2) is 27.7 Å². The van der Waals surface area contributed by atoms with Gasteiger partial charge in [0.25, 0.3) is 0 Å². The van der Waals surface area contributed by atoms with Gasteiger partial charge in [0.15, 0.2) is 0 Å². The van der Waals surface area contributed by atoms with Gasteiger partial charge in [-0.15, -0.1) is 0 Å². The van der Waals surface area contributed by atoms with Crippen LogP contribution in [0.3, 0.4) is 0 Å². The van der Waals surface area contributed by atoms with E-state index in [9.17, 15) is 19.4 Å². The lowest BCUT2D eigenvalue weighted by Gasteiger charge is -2.36. The van der Waals surface area contributed by atoms with Crippen molar-refractivity contribution >= 4 is 13.6 Å². The van der Waals surface area contributed by atoms with Crippen LogP contribution in [-0.2, 0) is 20.3 Å². The standard InChI is InChI=1S/C17H25O5P/c1-13(2)22-23(20,21)15(12-14-8-4-3-5-9-14)17(16(18)19)10-6-7-11-17/h3-5,8-9,13,15H,6-7,10-12H2,1-2H3,(H,18,19)(H,20,21). The first kappa shape index (κ1) is 18.2. The molecule has 1 aliphatic carbocycles. The fourth-order valence-corrected chi connectivity index (χ4v) is 5.72. The van der Waals surface area contributed by atoms with Crippen LogP contribution in [0.1, 0.15) is 45.1 Å². The zero-order valence-electron chi connectivity index (χ0n) is 13.6. The van der Waals surface area contributed by atoms with E-state index in [-0.39, 0.29) is 6.42 Å². The Balaban J connectivity index is 2.42. The van der Waals surface area contributed by atoms with Crippen molar-refractivity contribution in [3.05, 3.63) is 35.9 Å². The molecule has 0 spiro atoms. The Hall–Kier alpha value is -1.16. The summed E-state index contributed by atoms with van der Waals surface area (Å²) in [5.74, 6) is -0.988. The molecule has 5 nitrogen and oxygen atoms in total. The minimum absolute atomic E-state index is 0.230. The number of benzene rings is 1. The Morgan fingerprint density at radius 1 is 1.26 bits per heavy atom. The molecule has 2 N–H and O–H groups in total. The maximum absolute atomic E-state index is 12.9. The summed E-state index contributed by atoms with van der Waals surface area (Å²) in [6.07, 6.45) is 2.17. The van der Waals surface area contributed by atoms with E-state index in [0.29, 0.717) is 12.8 Å². The zero-order chi connectivity index (χ0) is 17.1. The van der Waals surface area contributed by atoms with E-state index in [1.54, 1.807) is 13.8 Å². The van der Waals surface area contributed by atoms with E-state index < -0.39 is 30.7 Å². The van der Waals surface area contributed by atoms with E-state index in [2.05, 4.69) is 0 Å². The molecule has 0 aromatic heterocycles. The molecule has 1 fully saturated rings. The molecule has 1 aliphatic rings. The first-order valence-corrected chi connectivity index (χ1v) is 9.71. The largest absolute Gasteiger partial charge is 0.481 e. The molecule has 0 radical (unpaired) electrons. The Labute approximate surface area is 137 Å². The molecule has 0 saturated heterocycles. The normalized spacial score (nSPS) is 21.0. The second-order valence-corrected chi connectivity index (χ2v) is 8.55. The van der Waals surface area contributed by atoms with E-state index in [1.807, 2.05) is 30.3 Å². The molecule has 128 valence electrons. The molecule has 2 atom stereocenters. The molecule has 1 aromatic rings. The summed E-state index contributed by atoms with van der Waals surface area (Å²) in [6, 6.07) is 9.27. The van der Waals surface area contributed by atoms with Crippen molar-refractivity contribution in [1.82, 2.24) is 0 Å². The number of hydrogen-bond acceptors (Lipinski definition) is 3. The number of rotatable bonds is 7. The van der Waals surface area contributed by atoms with Crippen LogP contribution in [0.15, 0.2) is 30.3 Å². The minimum atomic E-state index is -4.07. The van der Waals surface area contributed by atoms with Gasteiger partial charge >= 0.3 is 13.6 Å². The summed E-state index contributed by atoms with van der Waals surface area (Å²) >= 11 is 0. The van der Waals surface area contributed by atoms with Gasteiger partial charge in [-0.3, -0.25) is 9.36 Å². The van der Waals surface area contributed by atoms with Crippen LogP contribution in [0.5, 0.6) is 0 Å². The first-order valence-electron chi connectivity index (χ1n) is 8.06. The van der Waals surface area contributed by atoms with Gasteiger partial charge < -0.3 is 14.5 Å². The lowest BCUT2D eigenvalue weighted by molar-refractivity contribution is -0.149. The van der Waals surface area contributed by atoms with Crippen molar-refractivity contribution in [3.8, 4) is 0 Å². The number of carbonyl (C=O) groups is 1. The van der Waals surface area contributed by atoms with E-state index in [1.165, 1.54) is 0 Å². The molecule has 0 amide bonds. The predicted molar refractivity (Wildman–Crippen MR) is 88.5 cm³/mol. The summed E-state index contributed by atoms with van der Waals surface area (Å²) in [6.45, 7) is 3.37. The van der Waals surface area contributed by atoms with Gasteiger partial charge in [0.1, 0.15) is 0 Å². The maximum Gasteiger partial charge on any atom is 0.332 e. The van der Waals surface area contributed by atoms with Gasteiger partial charge in [0, 0.05) is 0 Å². The van der Waals surface area contributed by atoms with Gasteiger partial charge in [-0.05, 0) is 38.7 Å². The van der Waals surface area contributed by atoms with E-state index in [0.717, 1.165) is 18.4 Å². The second-order valence-electron chi connectivity index (χ2n) is 6.59. The topological polar surface area (TPSA) is 83.8 Å². The highest BCUT2D eigenvalue weighted by molar-refractivity contribution is 7.53. The van der Waals surface area contributed by atoms with Crippen LogP contribution in [0.2, 0.25) is 0 Å². The Bertz CT molecular complexity index is 578. The van der Waals surface area contributed by atoms with Crippen LogP contribution in [0, 0.1) is 5.41 Å². The van der Waals surface area contributed by atoms with Crippen molar-refractivity contribution < 1.29 is 23.9 Å². The van der Waals surface area contributed by atoms with Crippen LogP contribution >= 0.6 is 7.60 Å². The van der Waals surface area contributed by atoms with Crippen molar-refractivity contribution in [2.45, 2.75) is 57.7 Å². The van der Waals surface area contributed by atoms with Gasteiger partial charge in [-0.2, -0.15) is 0 Å². The van der Waals surface area contributed by atoms with Crippen molar-refractivity contribution in [2.24, 2.45) is 5.41 Å². The lowest BCUT2D eigenvalue weighted by Crippen LogP contribution is -2.42. The van der Waals surface area contributed by atoms with Gasteiger partial charge in [-0.25, -0.2) is 0 Å². The number of hydrogen-bond donors (Lipinski definition) is 2. The van der Waals surface area contributed by atoms with Crippen molar-refractivity contribution in [2.75, 3.05) is 0 Å². The summed E-state index contributed by atoms with van der Waals surface area (Å²) < 4.78 is 18.2. The molecule has 2 unspecified atom stereocenters. The fraction of sp³-hybridized carbons (Fsp3) is 0.588. The van der Waals surface area contributed by atoms with Crippen LogP contribution < -0.4 is 0 Å². The summed E-state index contributed by atoms with van der Waals surface area (Å²) in [4.78, 5) is 22.6. The third kappa shape index (κ3) is 4.03. The fourth-order valence-electron chi connectivity index (χ4n) is 3.53. The Morgan fingerprint density at radius 2 is 1.83 bits per heavy atom. The highest BCUT2D eigenvalue weighted by atomic mass is 31.2. The number of carboxylic acids is 1. The Morgan fingerprint density at radius 3 is 2.30 bits per heavy atom. The van der Waals surface area contributed by atoms with E-state index in [4.69, 9.17) is 4.52 Å². The third-order valence-corrected chi connectivity index (χ3v) is 6.78. The van der Waals surface area contributed by atoms with Crippen LogP contribution in [0.4, 0.5) is 0 Å². The monoisotopic (exact) mass is 340 g/mol. The molecule has 1 saturated carbocycles. The SMILES string of the molecule is CC(C)OP(=O)(O)C(Cc1ccccc1)C1(C(=O)O)CCCC1. The molecular formula is C17H25O5P. The van der Waals surface area contributed by atoms with Crippen LogP contribution in [0.25, 0.3) is 0 Å². The zero-order valence-corrected chi connectivity index (χ0v) is 14.5. The molecule has 0 bridgehead atoms. The average Bonchev–Trinajstić information content (AvgIpc) is 2.95. The molecule has 1 aromatic carbocycles. The van der Waals surface area contributed by atoms with Gasteiger partial charge in [-0.1, -0.05) is 43.2 Å². The van der Waals surface area contributed by atoms with E-state index >= 15 is 0 Å². The predicted octanol–water partition coefficient (Wildman–Crippen LogP) is 3.85. The maximum atomic E-state index is 12.9. The summed E-state index contributed by atoms with van der Waals surface area (Å²) in [7, 11) is -4.07. The second kappa shape index (κ2) is 7.16. The third-order valence-electron chi connectivity index (χ3n) is 4.59. The summed E-state index contributed by atoms with van der Waals surface area (Å²) in [5.41, 5.74) is -1.26. The average molecular weight is 340 g/mol. The highest BCUT2D eigenvalue weighted by Crippen LogP contribution is 2.60. The molecule has 23 heavy (non-hydrogen) atoms. The number of carboxylic acid groups (broad SMARTS) is 1. The van der Waals surface area contributed by atoms with Gasteiger partial charge in [0.2, 0.25) is 0 Å². The number of aliphatic carboxylic acids is 1. The summed E-state index contributed by atoms with van der Waals surface area (Å²) in [5, 5.41) is 9.82. The lowest BCUT2D eigenvalue weighted by atomic mass is 9.80. The Kier molecular flexibility index (Phi) is 5.66. The van der Waals surface area contributed by atoms with Crippen molar-refractivity contribution in [3.63, 3.8) is 0 Å². The molecule has 0 aliphatic heterocycles. The highest BCUT2D eigenvalue weighted by Gasteiger charge is 2.55. The molecule has 0 heterocycles. The molecule has 6 heteroatoms. The smallest absolute Gasteiger partial charge is 0.332 e. The molecular weight excluding hydrogens is 315 g/mol. The quantitative estimate of drug-likeness (QED) is 0.737. The van der Waals surface area contributed by atoms with Gasteiger partial charge in [0.05, 0.1) is 17.2 Å². The molecule has 2 rings (SSSR count). The minimum Gasteiger partial charge on any atom is -0.481 e.